The molecule has 27 heavy (non-hydrogen) atoms. The molecule has 1 aromatic rings. The summed E-state index contributed by atoms with van der Waals surface area (Å²) in [6.45, 7) is 5.50. The van der Waals surface area contributed by atoms with E-state index in [1.54, 1.807) is 12.1 Å². The molecule has 2 aliphatic rings. The second-order valence-electron chi connectivity index (χ2n) is 8.51. The van der Waals surface area contributed by atoms with E-state index in [1.165, 1.54) is 12.1 Å². The van der Waals surface area contributed by atoms with Gasteiger partial charge in [-0.2, -0.15) is 0 Å². The van der Waals surface area contributed by atoms with Crippen LogP contribution in [0.4, 0.5) is 9.18 Å². The third kappa shape index (κ3) is 3.96. The number of imide groups is 1. The topological polar surface area (TPSA) is 75.7 Å². The predicted octanol–water partition coefficient (Wildman–Crippen LogP) is 3.01. The average molecular weight is 376 g/mol. The first kappa shape index (κ1) is 19.3. The van der Waals surface area contributed by atoms with Crippen LogP contribution < -0.4 is 5.32 Å². The van der Waals surface area contributed by atoms with E-state index in [0.29, 0.717) is 12.8 Å². The minimum absolute atomic E-state index is 0.0814. The third-order valence-electron chi connectivity index (χ3n) is 5.26. The average Bonchev–Trinajstić information content (AvgIpc) is 2.75. The Morgan fingerprint density at radius 2 is 2.00 bits per heavy atom. The Balaban J connectivity index is 1.65. The molecule has 0 aromatic heterocycles. The number of carbonyl (C=O) groups is 3. The summed E-state index contributed by atoms with van der Waals surface area (Å²) in [6.07, 6.45) is 2.07. The van der Waals surface area contributed by atoms with Crippen molar-refractivity contribution in [3.8, 4) is 0 Å². The van der Waals surface area contributed by atoms with E-state index >= 15 is 0 Å². The molecule has 1 aromatic carbocycles. The van der Waals surface area contributed by atoms with Gasteiger partial charge in [-0.1, -0.05) is 39.0 Å². The number of hydrogen-bond acceptors (Lipinski definition) is 4. The van der Waals surface area contributed by atoms with Crippen molar-refractivity contribution < 1.29 is 23.5 Å². The fourth-order valence-corrected chi connectivity index (χ4v) is 4.60. The lowest BCUT2D eigenvalue weighted by atomic mass is 9.64. The van der Waals surface area contributed by atoms with Crippen LogP contribution in [0.15, 0.2) is 24.3 Å². The molecule has 3 rings (SSSR count). The first-order valence-corrected chi connectivity index (χ1v) is 9.15. The summed E-state index contributed by atoms with van der Waals surface area (Å²) in [5.41, 5.74) is -0.797. The van der Waals surface area contributed by atoms with E-state index < -0.39 is 29.9 Å². The van der Waals surface area contributed by atoms with Crippen molar-refractivity contribution >= 4 is 17.9 Å². The van der Waals surface area contributed by atoms with E-state index in [-0.39, 0.29) is 29.4 Å². The fraction of sp³-hybridized carbons (Fsp3) is 0.550. The molecule has 0 bridgehead atoms. The fourth-order valence-electron chi connectivity index (χ4n) is 4.60. The van der Waals surface area contributed by atoms with Gasteiger partial charge in [0.05, 0.1) is 0 Å². The van der Waals surface area contributed by atoms with Crippen LogP contribution in [-0.4, -0.2) is 34.9 Å². The van der Waals surface area contributed by atoms with E-state index in [2.05, 4.69) is 26.1 Å². The normalized spacial score (nSPS) is 27.0. The van der Waals surface area contributed by atoms with Crippen LogP contribution in [0, 0.1) is 17.2 Å². The molecule has 1 spiro atoms. The largest absolute Gasteiger partial charge is 0.459 e. The van der Waals surface area contributed by atoms with Gasteiger partial charge in [-0.3, -0.25) is 14.5 Å². The zero-order chi connectivity index (χ0) is 19.8. The van der Waals surface area contributed by atoms with Crippen molar-refractivity contribution in [1.82, 2.24) is 10.2 Å². The predicted molar refractivity (Wildman–Crippen MR) is 96.0 cm³/mol. The quantitative estimate of drug-likeness (QED) is 0.647. The van der Waals surface area contributed by atoms with Crippen LogP contribution in [0.3, 0.4) is 0 Å². The molecule has 146 valence electrons. The molecular weight excluding hydrogens is 351 g/mol. The highest BCUT2D eigenvalue weighted by molar-refractivity contribution is 6.08. The Hall–Kier alpha value is -2.44. The molecule has 1 N–H and O–H groups in total. The number of carbonyl (C=O) groups excluding carboxylic acids is 3. The maximum absolute atomic E-state index is 13.6. The second kappa shape index (κ2) is 6.94. The zero-order valence-electron chi connectivity index (χ0n) is 15.9. The molecule has 3 amide bonds. The molecule has 1 aliphatic carbocycles. The van der Waals surface area contributed by atoms with Gasteiger partial charge in [-0.15, -0.1) is 0 Å². The molecule has 6 nitrogen and oxygen atoms in total. The smallest absolute Gasteiger partial charge is 0.326 e. The summed E-state index contributed by atoms with van der Waals surface area (Å²) in [6, 6.07) is 5.39. The summed E-state index contributed by atoms with van der Waals surface area (Å²) in [4.78, 5) is 38.4. The highest BCUT2D eigenvalue weighted by Gasteiger charge is 2.56. The van der Waals surface area contributed by atoms with E-state index in [9.17, 15) is 18.8 Å². The molecule has 0 radical (unpaired) electrons. The molecule has 0 unspecified atom stereocenters. The van der Waals surface area contributed by atoms with Crippen molar-refractivity contribution in [3.63, 3.8) is 0 Å². The molecule has 2 fully saturated rings. The molecule has 1 heterocycles. The van der Waals surface area contributed by atoms with Crippen molar-refractivity contribution in [2.75, 3.05) is 6.54 Å². The Labute approximate surface area is 158 Å². The SMILES string of the molecule is C[C@H]1CC(C)(C)C[C@]2(C1)NC(=O)N(CC(=O)OCc1ccccc1F)C2=O. The highest BCUT2D eigenvalue weighted by atomic mass is 19.1. The van der Waals surface area contributed by atoms with Gasteiger partial charge in [0.1, 0.15) is 24.5 Å². The summed E-state index contributed by atoms with van der Waals surface area (Å²) in [5.74, 6) is -1.32. The third-order valence-corrected chi connectivity index (χ3v) is 5.26. The van der Waals surface area contributed by atoms with Crippen LogP contribution in [0.1, 0.15) is 45.6 Å². The number of nitrogens with zero attached hydrogens (tertiary/aromatic N) is 1. The first-order chi connectivity index (χ1) is 12.6. The lowest BCUT2D eigenvalue weighted by Crippen LogP contribution is -2.54. The number of benzene rings is 1. The first-order valence-electron chi connectivity index (χ1n) is 9.15. The van der Waals surface area contributed by atoms with Gasteiger partial charge in [-0.05, 0) is 36.7 Å². The zero-order valence-corrected chi connectivity index (χ0v) is 15.9. The summed E-state index contributed by atoms with van der Waals surface area (Å²) >= 11 is 0. The standard InChI is InChI=1S/C20H25FN2O4/c1-13-8-19(2,3)12-20(9-13)17(25)23(18(26)22-20)10-16(24)27-11-14-6-4-5-7-15(14)21/h4-7,13H,8-12H2,1-3H3,(H,22,26)/t13-,20-/m0/s1. The van der Waals surface area contributed by atoms with Gasteiger partial charge in [0.25, 0.3) is 5.91 Å². The minimum Gasteiger partial charge on any atom is -0.459 e. The van der Waals surface area contributed by atoms with Crippen molar-refractivity contribution in [3.05, 3.63) is 35.6 Å². The lowest BCUT2D eigenvalue weighted by Gasteiger charge is -2.43. The number of halogens is 1. The molecule has 1 saturated carbocycles. The number of esters is 1. The Kier molecular flexibility index (Phi) is 4.97. The van der Waals surface area contributed by atoms with E-state index in [4.69, 9.17) is 4.74 Å². The van der Waals surface area contributed by atoms with Gasteiger partial charge in [0.2, 0.25) is 0 Å². The van der Waals surface area contributed by atoms with Crippen molar-refractivity contribution in [2.45, 2.75) is 52.2 Å². The van der Waals surface area contributed by atoms with Crippen LogP contribution in [-0.2, 0) is 20.9 Å². The molecule has 1 aliphatic heterocycles. The molecular formula is C20H25FN2O4. The molecule has 1 saturated heterocycles. The Morgan fingerprint density at radius 3 is 2.67 bits per heavy atom. The van der Waals surface area contributed by atoms with E-state index in [0.717, 1.165) is 11.3 Å². The number of hydrogen-bond donors (Lipinski definition) is 1. The molecule has 7 heteroatoms. The Bertz CT molecular complexity index is 779. The Morgan fingerprint density at radius 1 is 1.30 bits per heavy atom. The number of ether oxygens (including phenoxy) is 1. The number of nitrogens with one attached hydrogen (secondary N) is 1. The van der Waals surface area contributed by atoms with Gasteiger partial charge < -0.3 is 10.1 Å². The van der Waals surface area contributed by atoms with E-state index in [1.807, 2.05) is 0 Å². The number of amides is 3. The van der Waals surface area contributed by atoms with Crippen LogP contribution >= 0.6 is 0 Å². The van der Waals surface area contributed by atoms with Crippen molar-refractivity contribution in [2.24, 2.45) is 11.3 Å². The molecule has 2 atom stereocenters. The van der Waals surface area contributed by atoms with Gasteiger partial charge >= 0.3 is 12.0 Å². The van der Waals surface area contributed by atoms with Gasteiger partial charge in [0, 0.05) is 5.56 Å². The summed E-state index contributed by atoms with van der Waals surface area (Å²) in [7, 11) is 0. The van der Waals surface area contributed by atoms with Crippen LogP contribution in [0.2, 0.25) is 0 Å². The highest BCUT2D eigenvalue weighted by Crippen LogP contribution is 2.46. The minimum atomic E-state index is -0.954. The van der Waals surface area contributed by atoms with Gasteiger partial charge in [0.15, 0.2) is 0 Å². The maximum atomic E-state index is 13.6. The number of urea groups is 1. The summed E-state index contributed by atoms with van der Waals surface area (Å²) < 4.78 is 18.6. The van der Waals surface area contributed by atoms with Crippen LogP contribution in [0.25, 0.3) is 0 Å². The lowest BCUT2D eigenvalue weighted by molar-refractivity contribution is -0.149. The van der Waals surface area contributed by atoms with Crippen LogP contribution in [0.5, 0.6) is 0 Å². The second-order valence-corrected chi connectivity index (χ2v) is 8.51. The maximum Gasteiger partial charge on any atom is 0.326 e. The van der Waals surface area contributed by atoms with Gasteiger partial charge in [-0.25, -0.2) is 9.18 Å². The number of rotatable bonds is 4. The monoisotopic (exact) mass is 376 g/mol. The summed E-state index contributed by atoms with van der Waals surface area (Å²) in [5, 5.41) is 2.81. The van der Waals surface area contributed by atoms with Crippen molar-refractivity contribution in [1.29, 1.82) is 0 Å².